The summed E-state index contributed by atoms with van der Waals surface area (Å²) in [7, 11) is 0. The van der Waals surface area contributed by atoms with Gasteiger partial charge in [-0.3, -0.25) is 9.78 Å². The van der Waals surface area contributed by atoms with Crippen LogP contribution in [0.2, 0.25) is 5.02 Å². The lowest BCUT2D eigenvalue weighted by Gasteiger charge is -2.09. The third kappa shape index (κ3) is 2.57. The minimum atomic E-state index is -0.198. The van der Waals surface area contributed by atoms with Gasteiger partial charge in [-0.15, -0.1) is 11.3 Å². The molecule has 1 heterocycles. The van der Waals surface area contributed by atoms with E-state index in [1.807, 2.05) is 6.92 Å². The molecule has 3 N–H and O–H groups in total. The van der Waals surface area contributed by atoms with Crippen LogP contribution in [-0.4, -0.2) is 10.9 Å². The molecule has 0 bridgehead atoms. The molecule has 1 aromatic carbocycles. The molecule has 1 aromatic heterocycles. The average Bonchev–Trinajstić information content (AvgIpc) is 2.79. The Kier molecular flexibility index (Phi) is 3.31. The van der Waals surface area contributed by atoms with Gasteiger partial charge in [-0.1, -0.05) is 11.6 Å². The fraction of sp³-hybridized carbons (Fsp3) is 0.0909. The Morgan fingerprint density at radius 1 is 1.53 bits per heavy atom. The Bertz CT molecular complexity index is 554. The van der Waals surface area contributed by atoms with Crippen LogP contribution in [0.5, 0.6) is 0 Å². The van der Waals surface area contributed by atoms with E-state index < -0.39 is 0 Å². The highest BCUT2D eigenvalue weighted by atomic mass is 35.5. The van der Waals surface area contributed by atoms with Gasteiger partial charge in [0.25, 0.3) is 5.91 Å². The minimum Gasteiger partial charge on any atom is -0.398 e. The third-order valence-electron chi connectivity index (χ3n) is 2.25. The topological polar surface area (TPSA) is 68.0 Å². The van der Waals surface area contributed by atoms with Crippen LogP contribution >= 0.6 is 22.9 Å². The number of halogens is 1. The average molecular weight is 268 g/mol. The second-order valence-electron chi connectivity index (χ2n) is 3.51. The molecule has 0 atom stereocenters. The molecule has 0 radical (unpaired) electrons. The fourth-order valence-corrected chi connectivity index (χ4v) is 2.03. The zero-order valence-electron chi connectivity index (χ0n) is 9.03. The third-order valence-corrected chi connectivity index (χ3v) is 3.35. The van der Waals surface area contributed by atoms with E-state index in [-0.39, 0.29) is 5.91 Å². The fourth-order valence-electron chi connectivity index (χ4n) is 1.35. The molecule has 0 unspecified atom stereocenters. The summed E-state index contributed by atoms with van der Waals surface area (Å²) in [6.07, 6.45) is 1.52. The summed E-state index contributed by atoms with van der Waals surface area (Å²) in [5.74, 6) is -0.198. The molecule has 1 amide bonds. The largest absolute Gasteiger partial charge is 0.398 e. The molecule has 88 valence electrons. The lowest BCUT2D eigenvalue weighted by Crippen LogP contribution is -2.11. The summed E-state index contributed by atoms with van der Waals surface area (Å²) in [6.45, 7) is 1.86. The predicted molar refractivity (Wildman–Crippen MR) is 70.7 cm³/mol. The first-order chi connectivity index (χ1) is 8.08. The molecular weight excluding hydrogens is 258 g/mol. The van der Waals surface area contributed by atoms with Crippen molar-refractivity contribution in [1.82, 2.24) is 4.98 Å². The van der Waals surface area contributed by atoms with Gasteiger partial charge >= 0.3 is 0 Å². The monoisotopic (exact) mass is 267 g/mol. The number of nitrogens with zero attached hydrogens (tertiary/aromatic N) is 1. The van der Waals surface area contributed by atoms with E-state index in [2.05, 4.69) is 10.3 Å². The van der Waals surface area contributed by atoms with Gasteiger partial charge in [-0.2, -0.15) is 0 Å². The van der Waals surface area contributed by atoms with Gasteiger partial charge in [0.15, 0.2) is 0 Å². The number of carbonyl (C=O) groups is 1. The first-order valence-corrected chi connectivity index (χ1v) is 6.09. The van der Waals surface area contributed by atoms with Crippen LogP contribution in [-0.2, 0) is 0 Å². The summed E-state index contributed by atoms with van der Waals surface area (Å²) in [6, 6.07) is 3.37. The number of nitrogens with two attached hydrogens (primary N) is 1. The van der Waals surface area contributed by atoms with Crippen LogP contribution in [0.4, 0.5) is 11.4 Å². The molecule has 6 heteroatoms. The second-order valence-corrected chi connectivity index (χ2v) is 4.80. The molecule has 2 aromatic rings. The van der Waals surface area contributed by atoms with Crippen molar-refractivity contribution in [1.29, 1.82) is 0 Å². The number of hydrogen-bond donors (Lipinski definition) is 2. The molecule has 0 aliphatic carbocycles. The van der Waals surface area contributed by atoms with Gasteiger partial charge in [0.1, 0.15) is 4.88 Å². The van der Waals surface area contributed by atoms with Gasteiger partial charge in [0.2, 0.25) is 0 Å². The van der Waals surface area contributed by atoms with Crippen molar-refractivity contribution in [2.45, 2.75) is 6.92 Å². The summed E-state index contributed by atoms with van der Waals surface area (Å²) in [5, 5.41) is 3.20. The quantitative estimate of drug-likeness (QED) is 0.822. The molecule has 2 rings (SSSR count). The smallest absolute Gasteiger partial charge is 0.267 e. The van der Waals surface area contributed by atoms with Crippen molar-refractivity contribution >= 4 is 40.2 Å². The van der Waals surface area contributed by atoms with E-state index in [4.69, 9.17) is 17.3 Å². The zero-order valence-corrected chi connectivity index (χ0v) is 10.6. The standard InChI is InChI=1S/C11H10ClN3OS/c1-6-2-8(13)7(12)3-9(6)15-11(16)10-4-14-5-17-10/h2-5H,13H2,1H3,(H,15,16). The van der Waals surface area contributed by atoms with Gasteiger partial charge in [-0.05, 0) is 24.6 Å². The molecule has 0 aliphatic rings. The number of carbonyl (C=O) groups excluding carboxylic acids is 1. The van der Waals surface area contributed by atoms with Crippen LogP contribution in [0.15, 0.2) is 23.8 Å². The number of hydrogen-bond acceptors (Lipinski definition) is 4. The molecule has 4 nitrogen and oxygen atoms in total. The van der Waals surface area contributed by atoms with Crippen molar-refractivity contribution in [3.05, 3.63) is 39.3 Å². The van der Waals surface area contributed by atoms with Gasteiger partial charge in [-0.25, -0.2) is 0 Å². The van der Waals surface area contributed by atoms with Gasteiger partial charge in [0, 0.05) is 5.69 Å². The normalized spacial score (nSPS) is 10.2. The van der Waals surface area contributed by atoms with E-state index in [1.165, 1.54) is 17.5 Å². The van der Waals surface area contributed by atoms with Crippen molar-refractivity contribution in [3.63, 3.8) is 0 Å². The zero-order chi connectivity index (χ0) is 12.4. The van der Waals surface area contributed by atoms with Crippen LogP contribution in [0, 0.1) is 6.92 Å². The lowest BCUT2D eigenvalue weighted by atomic mass is 10.2. The highest BCUT2D eigenvalue weighted by Gasteiger charge is 2.10. The Morgan fingerprint density at radius 3 is 2.94 bits per heavy atom. The molecule has 0 spiro atoms. The molecule has 0 fully saturated rings. The number of benzene rings is 1. The van der Waals surface area contributed by atoms with E-state index >= 15 is 0 Å². The predicted octanol–water partition coefficient (Wildman–Crippen LogP) is 2.94. The summed E-state index contributed by atoms with van der Waals surface area (Å²) < 4.78 is 0. The highest BCUT2D eigenvalue weighted by Crippen LogP contribution is 2.27. The van der Waals surface area contributed by atoms with Crippen LogP contribution in [0.1, 0.15) is 15.2 Å². The number of anilines is 2. The molecule has 0 aliphatic heterocycles. The summed E-state index contributed by atoms with van der Waals surface area (Å²) in [4.78, 5) is 16.2. The van der Waals surface area contributed by atoms with Crippen LogP contribution in [0.3, 0.4) is 0 Å². The second kappa shape index (κ2) is 4.73. The molecule has 17 heavy (non-hydrogen) atoms. The number of amides is 1. The maximum absolute atomic E-state index is 11.8. The Labute approximate surface area is 107 Å². The number of nitrogens with one attached hydrogen (secondary N) is 1. The van der Waals surface area contributed by atoms with Crippen molar-refractivity contribution in [2.24, 2.45) is 0 Å². The van der Waals surface area contributed by atoms with E-state index in [0.29, 0.717) is 21.3 Å². The molecule has 0 saturated carbocycles. The first-order valence-electron chi connectivity index (χ1n) is 4.83. The Morgan fingerprint density at radius 2 is 2.29 bits per heavy atom. The maximum atomic E-state index is 11.8. The summed E-state index contributed by atoms with van der Waals surface area (Å²) in [5.41, 5.74) is 9.29. The molecule has 0 saturated heterocycles. The Balaban J connectivity index is 2.25. The van der Waals surface area contributed by atoms with Crippen molar-refractivity contribution < 1.29 is 4.79 Å². The SMILES string of the molecule is Cc1cc(N)c(Cl)cc1NC(=O)c1cncs1. The minimum absolute atomic E-state index is 0.198. The number of aryl methyl sites for hydroxylation is 1. The van der Waals surface area contributed by atoms with E-state index in [9.17, 15) is 4.79 Å². The van der Waals surface area contributed by atoms with E-state index in [0.717, 1.165) is 5.56 Å². The van der Waals surface area contributed by atoms with Crippen LogP contribution < -0.4 is 11.1 Å². The Hall–Kier alpha value is -1.59. The number of thiazole rings is 1. The first kappa shape index (κ1) is 11.9. The number of rotatable bonds is 2. The van der Waals surface area contributed by atoms with Crippen molar-refractivity contribution in [3.8, 4) is 0 Å². The summed E-state index contributed by atoms with van der Waals surface area (Å²) >= 11 is 7.19. The number of nitrogen functional groups attached to an aromatic ring is 1. The van der Waals surface area contributed by atoms with E-state index in [1.54, 1.807) is 17.6 Å². The van der Waals surface area contributed by atoms with Gasteiger partial charge in [0.05, 0.1) is 22.4 Å². The van der Waals surface area contributed by atoms with Gasteiger partial charge < -0.3 is 11.1 Å². The maximum Gasteiger partial charge on any atom is 0.267 e. The molecular formula is C11H10ClN3OS. The lowest BCUT2D eigenvalue weighted by molar-refractivity contribution is 0.103. The van der Waals surface area contributed by atoms with Crippen LogP contribution in [0.25, 0.3) is 0 Å². The van der Waals surface area contributed by atoms with Crippen molar-refractivity contribution in [2.75, 3.05) is 11.1 Å². The highest BCUT2D eigenvalue weighted by molar-refractivity contribution is 7.11. The number of aromatic nitrogens is 1.